The van der Waals surface area contributed by atoms with Gasteiger partial charge in [0.1, 0.15) is 0 Å². The van der Waals surface area contributed by atoms with Crippen LogP contribution in [0.25, 0.3) is 0 Å². The molecule has 0 saturated carbocycles. The summed E-state index contributed by atoms with van der Waals surface area (Å²) in [4.78, 5) is 4.99. The van der Waals surface area contributed by atoms with E-state index in [-0.39, 0.29) is 6.04 Å². The van der Waals surface area contributed by atoms with Crippen LogP contribution in [0.15, 0.2) is 18.2 Å². The molecular weight excluding hydrogens is 270 g/mol. The lowest BCUT2D eigenvalue weighted by molar-refractivity contribution is 0.258. The van der Waals surface area contributed by atoms with Gasteiger partial charge in [0.2, 0.25) is 0 Å². The van der Waals surface area contributed by atoms with Crippen molar-refractivity contribution in [2.45, 2.75) is 32.7 Å². The second-order valence-electron chi connectivity index (χ2n) is 5.75. The molecule has 2 rings (SSSR count). The van der Waals surface area contributed by atoms with Crippen LogP contribution in [0.3, 0.4) is 0 Å². The van der Waals surface area contributed by atoms with Gasteiger partial charge in [-0.1, -0.05) is 24.6 Å². The van der Waals surface area contributed by atoms with E-state index in [1.807, 2.05) is 19.1 Å². The number of nitrogens with zero attached hydrogens (tertiary/aromatic N) is 2. The molecule has 112 valence electrons. The molecule has 0 spiro atoms. The summed E-state index contributed by atoms with van der Waals surface area (Å²) in [5, 5.41) is 0.843. The largest absolute Gasteiger partial charge is 0.369 e. The smallest absolute Gasteiger partial charge is 0.0459 e. The van der Waals surface area contributed by atoms with E-state index in [1.165, 1.54) is 24.2 Å². The number of halogens is 1. The molecule has 1 saturated heterocycles. The minimum absolute atomic E-state index is 0.134. The second kappa shape index (κ2) is 7.30. The SMILES string of the molecule is CCCN1CCN(c2cccc(Cl)c2CC(C)N)CC1. The van der Waals surface area contributed by atoms with Gasteiger partial charge in [-0.15, -0.1) is 0 Å². The molecule has 0 bridgehead atoms. The van der Waals surface area contributed by atoms with Crippen LogP contribution < -0.4 is 10.6 Å². The Kier molecular flexibility index (Phi) is 5.70. The Morgan fingerprint density at radius 2 is 1.95 bits per heavy atom. The third-order valence-corrected chi connectivity index (χ3v) is 4.23. The molecule has 1 atom stereocenters. The summed E-state index contributed by atoms with van der Waals surface area (Å²) in [5.74, 6) is 0. The lowest BCUT2D eigenvalue weighted by atomic mass is 10.0. The van der Waals surface area contributed by atoms with Gasteiger partial charge in [-0.2, -0.15) is 0 Å². The molecule has 1 unspecified atom stereocenters. The molecule has 1 aliphatic rings. The number of rotatable bonds is 5. The lowest BCUT2D eigenvalue weighted by Gasteiger charge is -2.37. The van der Waals surface area contributed by atoms with Gasteiger partial charge >= 0.3 is 0 Å². The van der Waals surface area contributed by atoms with E-state index in [9.17, 15) is 0 Å². The summed E-state index contributed by atoms with van der Waals surface area (Å²) in [6, 6.07) is 6.32. The molecule has 2 N–H and O–H groups in total. The van der Waals surface area contributed by atoms with Crippen LogP contribution in [0.5, 0.6) is 0 Å². The Hall–Kier alpha value is -0.770. The first-order valence-electron chi connectivity index (χ1n) is 7.62. The minimum atomic E-state index is 0.134. The maximum atomic E-state index is 6.38. The first-order valence-corrected chi connectivity index (χ1v) is 8.00. The first kappa shape index (κ1) is 15.6. The summed E-state index contributed by atoms with van der Waals surface area (Å²) in [6.45, 7) is 9.90. The van der Waals surface area contributed by atoms with Crippen LogP contribution in [0.4, 0.5) is 5.69 Å². The standard InChI is InChI=1S/C16H26ClN3/c1-3-7-19-8-10-20(11-9-19)16-6-4-5-15(17)14(16)12-13(2)18/h4-6,13H,3,7-12,18H2,1-2H3. The molecule has 1 heterocycles. The van der Waals surface area contributed by atoms with E-state index in [0.29, 0.717) is 0 Å². The average Bonchev–Trinajstić information content (AvgIpc) is 2.42. The first-order chi connectivity index (χ1) is 9.61. The molecule has 1 fully saturated rings. The predicted octanol–water partition coefficient (Wildman–Crippen LogP) is 2.76. The van der Waals surface area contributed by atoms with E-state index in [0.717, 1.165) is 37.6 Å². The lowest BCUT2D eigenvalue weighted by Crippen LogP contribution is -2.47. The summed E-state index contributed by atoms with van der Waals surface area (Å²) in [7, 11) is 0. The fourth-order valence-electron chi connectivity index (χ4n) is 2.90. The van der Waals surface area contributed by atoms with Crippen molar-refractivity contribution < 1.29 is 0 Å². The highest BCUT2D eigenvalue weighted by Crippen LogP contribution is 2.29. The Morgan fingerprint density at radius 3 is 2.55 bits per heavy atom. The molecule has 1 aromatic rings. The third-order valence-electron chi connectivity index (χ3n) is 3.87. The fraction of sp³-hybridized carbons (Fsp3) is 0.625. The van der Waals surface area contributed by atoms with Crippen LogP contribution in [-0.4, -0.2) is 43.7 Å². The van der Waals surface area contributed by atoms with Crippen LogP contribution >= 0.6 is 11.6 Å². The van der Waals surface area contributed by atoms with Gasteiger partial charge in [-0.05, 0) is 44.0 Å². The van der Waals surface area contributed by atoms with Crippen LogP contribution in [0.1, 0.15) is 25.8 Å². The minimum Gasteiger partial charge on any atom is -0.369 e. The number of hydrogen-bond acceptors (Lipinski definition) is 3. The third kappa shape index (κ3) is 3.87. The zero-order valence-electron chi connectivity index (χ0n) is 12.6. The van der Waals surface area contributed by atoms with E-state index in [1.54, 1.807) is 0 Å². The van der Waals surface area contributed by atoms with Crippen LogP contribution in [-0.2, 0) is 6.42 Å². The van der Waals surface area contributed by atoms with Crippen molar-refractivity contribution in [1.82, 2.24) is 4.90 Å². The number of piperazine rings is 1. The van der Waals surface area contributed by atoms with Crippen molar-refractivity contribution in [2.24, 2.45) is 5.73 Å². The van der Waals surface area contributed by atoms with Crippen molar-refractivity contribution in [2.75, 3.05) is 37.6 Å². The molecule has 0 radical (unpaired) electrons. The number of anilines is 1. The Labute approximate surface area is 127 Å². The highest BCUT2D eigenvalue weighted by molar-refractivity contribution is 6.31. The topological polar surface area (TPSA) is 32.5 Å². The second-order valence-corrected chi connectivity index (χ2v) is 6.15. The zero-order valence-corrected chi connectivity index (χ0v) is 13.4. The van der Waals surface area contributed by atoms with Crippen LogP contribution in [0, 0.1) is 0 Å². The molecule has 3 nitrogen and oxygen atoms in total. The Bertz CT molecular complexity index is 426. The normalized spacial score (nSPS) is 18.3. The molecule has 4 heteroatoms. The number of benzene rings is 1. The highest BCUT2D eigenvalue weighted by atomic mass is 35.5. The van der Waals surface area contributed by atoms with Gasteiger partial charge in [0.05, 0.1) is 0 Å². The number of nitrogens with two attached hydrogens (primary N) is 1. The van der Waals surface area contributed by atoms with Crippen molar-refractivity contribution in [3.05, 3.63) is 28.8 Å². The molecule has 1 aromatic carbocycles. The van der Waals surface area contributed by atoms with Gasteiger partial charge in [-0.25, -0.2) is 0 Å². The molecule has 20 heavy (non-hydrogen) atoms. The van der Waals surface area contributed by atoms with E-state index < -0.39 is 0 Å². The molecule has 0 amide bonds. The van der Waals surface area contributed by atoms with Gasteiger partial charge in [-0.3, -0.25) is 4.90 Å². The Balaban J connectivity index is 2.11. The molecule has 1 aliphatic heterocycles. The quantitative estimate of drug-likeness (QED) is 0.907. The summed E-state index contributed by atoms with van der Waals surface area (Å²) < 4.78 is 0. The van der Waals surface area contributed by atoms with Gasteiger partial charge in [0.25, 0.3) is 0 Å². The van der Waals surface area contributed by atoms with Gasteiger partial charge in [0, 0.05) is 42.9 Å². The van der Waals surface area contributed by atoms with Crippen molar-refractivity contribution >= 4 is 17.3 Å². The van der Waals surface area contributed by atoms with Crippen molar-refractivity contribution in [3.8, 4) is 0 Å². The predicted molar refractivity (Wildman–Crippen MR) is 87.7 cm³/mol. The van der Waals surface area contributed by atoms with Crippen molar-refractivity contribution in [3.63, 3.8) is 0 Å². The maximum Gasteiger partial charge on any atom is 0.0459 e. The molecular formula is C16H26ClN3. The van der Waals surface area contributed by atoms with E-state index in [2.05, 4.69) is 22.8 Å². The summed E-state index contributed by atoms with van der Waals surface area (Å²) in [6.07, 6.45) is 2.07. The summed E-state index contributed by atoms with van der Waals surface area (Å²) in [5.41, 5.74) is 8.44. The highest BCUT2D eigenvalue weighted by Gasteiger charge is 2.20. The average molecular weight is 296 g/mol. The fourth-order valence-corrected chi connectivity index (χ4v) is 3.14. The molecule has 0 aliphatic carbocycles. The Morgan fingerprint density at radius 1 is 1.25 bits per heavy atom. The van der Waals surface area contributed by atoms with Gasteiger partial charge in [0.15, 0.2) is 0 Å². The maximum absolute atomic E-state index is 6.38. The molecule has 0 aromatic heterocycles. The summed E-state index contributed by atoms with van der Waals surface area (Å²) >= 11 is 6.38. The zero-order chi connectivity index (χ0) is 14.5. The van der Waals surface area contributed by atoms with Crippen molar-refractivity contribution in [1.29, 1.82) is 0 Å². The van der Waals surface area contributed by atoms with Gasteiger partial charge < -0.3 is 10.6 Å². The monoisotopic (exact) mass is 295 g/mol. The van der Waals surface area contributed by atoms with E-state index in [4.69, 9.17) is 17.3 Å². The van der Waals surface area contributed by atoms with Crippen LogP contribution in [0.2, 0.25) is 5.02 Å². The van der Waals surface area contributed by atoms with E-state index >= 15 is 0 Å². The number of hydrogen-bond donors (Lipinski definition) is 1.